The van der Waals surface area contributed by atoms with Crippen LogP contribution in [0, 0.1) is 13.8 Å². The minimum Gasteiger partial charge on any atom is -0.494 e. The first-order valence-electron chi connectivity index (χ1n) is 13.1. The van der Waals surface area contributed by atoms with Crippen molar-refractivity contribution in [1.29, 1.82) is 0 Å². The fraction of sp³-hybridized carbons (Fsp3) is 0.250. The molecule has 0 saturated carbocycles. The number of aryl methyl sites for hydroxylation is 2. The summed E-state index contributed by atoms with van der Waals surface area (Å²) in [7, 11) is 0. The number of nitrogens with zero attached hydrogens (tertiary/aromatic N) is 1. The van der Waals surface area contributed by atoms with E-state index >= 15 is 0 Å². The summed E-state index contributed by atoms with van der Waals surface area (Å²) in [6.07, 6.45) is 7.41. The molecule has 208 valence electrons. The van der Waals surface area contributed by atoms with Gasteiger partial charge in [-0.25, -0.2) is 0 Å². The smallest absolute Gasteiger partial charge is 0.323 e. The molecular formula is C32H33NO6S. The van der Waals surface area contributed by atoms with Crippen LogP contribution in [0.15, 0.2) is 71.8 Å². The molecule has 0 saturated heterocycles. The third-order valence-corrected chi connectivity index (χ3v) is 7.18. The number of thioether (sulfide) groups is 1. The number of ether oxygens (including phenoxy) is 2. The van der Waals surface area contributed by atoms with E-state index in [0.717, 1.165) is 51.3 Å². The zero-order valence-corrected chi connectivity index (χ0v) is 23.4. The Bertz CT molecular complexity index is 1490. The SMILES string of the molecule is Cc1cc(C)cc(OCCCCOc2ccc(/C=C/c3cccc4c(SCC(=O)O)cn(CC(=O)O)c34)cc2)c1. The van der Waals surface area contributed by atoms with E-state index in [0.29, 0.717) is 13.2 Å². The maximum atomic E-state index is 11.5. The lowest BCUT2D eigenvalue weighted by atomic mass is 10.1. The molecule has 2 N–H and O–H groups in total. The number of unbranched alkanes of at least 4 members (excludes halogenated alkanes) is 1. The maximum Gasteiger partial charge on any atom is 0.323 e. The molecule has 3 aromatic carbocycles. The lowest BCUT2D eigenvalue weighted by molar-refractivity contribution is -0.137. The molecule has 0 aliphatic heterocycles. The van der Waals surface area contributed by atoms with Gasteiger partial charge < -0.3 is 24.3 Å². The fourth-order valence-corrected chi connectivity index (χ4v) is 5.28. The van der Waals surface area contributed by atoms with E-state index in [9.17, 15) is 14.7 Å². The topological polar surface area (TPSA) is 98.0 Å². The van der Waals surface area contributed by atoms with Crippen molar-refractivity contribution < 1.29 is 29.3 Å². The van der Waals surface area contributed by atoms with Crippen LogP contribution in [0.25, 0.3) is 23.1 Å². The molecule has 0 bridgehead atoms. The van der Waals surface area contributed by atoms with Crippen molar-refractivity contribution in [3.63, 3.8) is 0 Å². The normalized spacial score (nSPS) is 11.2. The highest BCUT2D eigenvalue weighted by molar-refractivity contribution is 8.00. The molecule has 1 heterocycles. The second-order valence-electron chi connectivity index (χ2n) is 9.57. The summed E-state index contributed by atoms with van der Waals surface area (Å²) < 4.78 is 13.4. The molecule has 40 heavy (non-hydrogen) atoms. The van der Waals surface area contributed by atoms with Gasteiger partial charge in [0.2, 0.25) is 0 Å². The van der Waals surface area contributed by atoms with Gasteiger partial charge >= 0.3 is 11.9 Å². The van der Waals surface area contributed by atoms with Crippen molar-refractivity contribution in [3.05, 3.63) is 89.1 Å². The summed E-state index contributed by atoms with van der Waals surface area (Å²) in [5, 5.41) is 19.3. The Labute approximate surface area is 238 Å². The van der Waals surface area contributed by atoms with Gasteiger partial charge in [0.05, 0.1) is 24.5 Å². The minimum absolute atomic E-state index is 0.0957. The molecule has 0 aliphatic rings. The second kappa shape index (κ2) is 13.8. The summed E-state index contributed by atoms with van der Waals surface area (Å²) in [5.41, 5.74) is 4.98. The van der Waals surface area contributed by atoms with Crippen LogP contribution in [0.1, 0.15) is 35.1 Å². The zero-order valence-electron chi connectivity index (χ0n) is 22.6. The lowest BCUT2D eigenvalue weighted by Crippen LogP contribution is -2.07. The molecule has 1 aromatic heterocycles. The Balaban J connectivity index is 1.34. The van der Waals surface area contributed by atoms with Crippen LogP contribution in [-0.2, 0) is 16.1 Å². The summed E-state index contributed by atoms with van der Waals surface area (Å²) in [4.78, 5) is 23.3. The van der Waals surface area contributed by atoms with E-state index in [1.807, 2.05) is 66.7 Å². The number of carboxylic acid groups (broad SMARTS) is 2. The quantitative estimate of drug-likeness (QED) is 0.0982. The van der Waals surface area contributed by atoms with Gasteiger partial charge in [-0.2, -0.15) is 0 Å². The van der Waals surface area contributed by atoms with Crippen LogP contribution in [-0.4, -0.2) is 45.7 Å². The van der Waals surface area contributed by atoms with Gasteiger partial charge in [0.25, 0.3) is 0 Å². The van der Waals surface area contributed by atoms with E-state index in [1.54, 1.807) is 10.8 Å². The Morgan fingerprint density at radius 1 is 0.850 bits per heavy atom. The standard InChI is InChI=1S/C32H33NO6S/c1-22-16-23(2)18-27(17-22)39-15-4-3-14-38-26-12-9-24(10-13-26)8-11-25-6-5-7-28-29(40-21-31(36)37)19-33(32(25)28)20-30(34)35/h5-13,16-19H,3-4,14-15,20-21H2,1-2H3,(H,34,35)(H,36,37)/b11-8+. The van der Waals surface area contributed by atoms with Gasteiger partial charge in [-0.3, -0.25) is 9.59 Å². The van der Waals surface area contributed by atoms with E-state index in [4.69, 9.17) is 14.6 Å². The molecule has 4 aromatic rings. The second-order valence-corrected chi connectivity index (χ2v) is 10.6. The summed E-state index contributed by atoms with van der Waals surface area (Å²) in [5.74, 6) is -0.276. The number of para-hydroxylation sites is 1. The van der Waals surface area contributed by atoms with Gasteiger partial charge in [-0.1, -0.05) is 48.6 Å². The maximum absolute atomic E-state index is 11.5. The number of rotatable bonds is 14. The van der Waals surface area contributed by atoms with Crippen molar-refractivity contribution in [2.75, 3.05) is 19.0 Å². The zero-order chi connectivity index (χ0) is 28.5. The van der Waals surface area contributed by atoms with Gasteiger partial charge in [0.15, 0.2) is 0 Å². The number of carboxylic acids is 2. The van der Waals surface area contributed by atoms with Crippen molar-refractivity contribution in [3.8, 4) is 11.5 Å². The first-order chi connectivity index (χ1) is 19.3. The average molecular weight is 560 g/mol. The van der Waals surface area contributed by atoms with Crippen LogP contribution in [0.4, 0.5) is 0 Å². The number of hydrogen-bond acceptors (Lipinski definition) is 5. The van der Waals surface area contributed by atoms with Crippen LogP contribution >= 0.6 is 11.8 Å². The summed E-state index contributed by atoms with van der Waals surface area (Å²) in [6, 6.07) is 19.7. The molecule has 0 unspecified atom stereocenters. The average Bonchev–Trinajstić information content (AvgIpc) is 3.25. The molecule has 7 nitrogen and oxygen atoms in total. The molecule has 4 rings (SSSR count). The number of fused-ring (bicyclic) bond motifs is 1. The predicted molar refractivity (Wildman–Crippen MR) is 159 cm³/mol. The first kappa shape index (κ1) is 28.8. The highest BCUT2D eigenvalue weighted by Gasteiger charge is 2.14. The molecule has 8 heteroatoms. The Kier molecular flexibility index (Phi) is 9.91. The van der Waals surface area contributed by atoms with E-state index in [-0.39, 0.29) is 12.3 Å². The van der Waals surface area contributed by atoms with Gasteiger partial charge in [0.1, 0.15) is 18.0 Å². The number of hydrogen-bond donors (Lipinski definition) is 2. The van der Waals surface area contributed by atoms with E-state index in [1.165, 1.54) is 22.9 Å². The molecule has 0 fully saturated rings. The molecule has 0 atom stereocenters. The van der Waals surface area contributed by atoms with Crippen molar-refractivity contribution >= 4 is 46.8 Å². The van der Waals surface area contributed by atoms with Crippen LogP contribution in [0.3, 0.4) is 0 Å². The summed E-state index contributed by atoms with van der Waals surface area (Å²) in [6.45, 7) is 5.18. The Morgan fingerprint density at radius 2 is 1.52 bits per heavy atom. The van der Waals surface area contributed by atoms with Gasteiger partial charge in [-0.15, -0.1) is 11.8 Å². The highest BCUT2D eigenvalue weighted by Crippen LogP contribution is 2.33. The molecule has 0 amide bonds. The van der Waals surface area contributed by atoms with Crippen LogP contribution < -0.4 is 9.47 Å². The first-order valence-corrected chi connectivity index (χ1v) is 14.1. The summed E-state index contributed by atoms with van der Waals surface area (Å²) >= 11 is 1.18. The monoisotopic (exact) mass is 559 g/mol. The number of carbonyl (C=O) groups is 2. The van der Waals surface area contributed by atoms with E-state index < -0.39 is 11.9 Å². The highest BCUT2D eigenvalue weighted by atomic mass is 32.2. The third-order valence-electron chi connectivity index (χ3n) is 6.16. The fourth-order valence-electron chi connectivity index (χ4n) is 4.48. The molecule has 0 aliphatic carbocycles. The van der Waals surface area contributed by atoms with Crippen molar-refractivity contribution in [2.45, 2.75) is 38.1 Å². The Morgan fingerprint density at radius 3 is 2.17 bits per heavy atom. The Hall–Kier alpha value is -4.17. The van der Waals surface area contributed by atoms with Crippen molar-refractivity contribution in [2.24, 2.45) is 0 Å². The van der Waals surface area contributed by atoms with Crippen LogP contribution in [0.2, 0.25) is 0 Å². The minimum atomic E-state index is -0.963. The lowest BCUT2D eigenvalue weighted by Gasteiger charge is -2.09. The van der Waals surface area contributed by atoms with Crippen LogP contribution in [0.5, 0.6) is 11.5 Å². The number of benzene rings is 3. The largest absolute Gasteiger partial charge is 0.494 e. The number of aliphatic carboxylic acids is 2. The third kappa shape index (κ3) is 8.16. The predicted octanol–water partition coefficient (Wildman–Crippen LogP) is 6.93. The van der Waals surface area contributed by atoms with Gasteiger partial charge in [0, 0.05) is 16.5 Å². The van der Waals surface area contributed by atoms with Gasteiger partial charge in [-0.05, 0) is 73.2 Å². The number of aromatic nitrogens is 1. The van der Waals surface area contributed by atoms with Crippen molar-refractivity contribution in [1.82, 2.24) is 4.57 Å². The molecule has 0 radical (unpaired) electrons. The molecular weight excluding hydrogens is 526 g/mol. The van der Waals surface area contributed by atoms with E-state index in [2.05, 4.69) is 19.9 Å². The molecule has 0 spiro atoms.